The molecular formula is C29H45NO8. The minimum Gasteiger partial charge on any atom is -0.468 e. The van der Waals surface area contributed by atoms with Gasteiger partial charge < -0.3 is 24.7 Å². The number of carbonyl (C=O) groups excluding carboxylic acids is 4. The molecule has 0 aliphatic carbocycles. The molecule has 1 unspecified atom stereocenters. The van der Waals surface area contributed by atoms with Crippen LogP contribution in [0, 0.1) is 5.92 Å². The molecule has 0 heterocycles. The molecule has 0 saturated carbocycles. The number of nitrogens with two attached hydrogens (primary N) is 1. The van der Waals surface area contributed by atoms with Gasteiger partial charge in [0.2, 0.25) is 0 Å². The number of methoxy groups -OCH3 is 1. The summed E-state index contributed by atoms with van der Waals surface area (Å²) in [5.74, 6) is -1.35. The SMILES string of the molecule is CCCCC(=O)Oc1ccc(CC(N)(C[C@H](C)OC(=O)CCC(C)C)C(=O)OC)cc1OC(=O)CCCC. The molecule has 0 aliphatic rings. The number of benzene rings is 1. The van der Waals surface area contributed by atoms with Crippen molar-refractivity contribution in [2.24, 2.45) is 11.7 Å². The summed E-state index contributed by atoms with van der Waals surface area (Å²) in [6, 6.07) is 4.71. The summed E-state index contributed by atoms with van der Waals surface area (Å²) in [6.07, 6.45) is 3.83. The maximum absolute atomic E-state index is 12.7. The second-order valence-electron chi connectivity index (χ2n) is 10.2. The van der Waals surface area contributed by atoms with Crippen molar-refractivity contribution in [2.75, 3.05) is 7.11 Å². The summed E-state index contributed by atoms with van der Waals surface area (Å²) in [4.78, 5) is 49.5. The molecule has 0 bridgehead atoms. The fraction of sp³-hybridized carbons (Fsp3) is 0.655. The van der Waals surface area contributed by atoms with Crippen molar-refractivity contribution in [2.45, 2.75) is 110 Å². The van der Waals surface area contributed by atoms with Gasteiger partial charge in [-0.15, -0.1) is 0 Å². The lowest BCUT2D eigenvalue weighted by Gasteiger charge is -2.29. The van der Waals surface area contributed by atoms with Crippen LogP contribution in [0.4, 0.5) is 0 Å². The second kappa shape index (κ2) is 16.8. The van der Waals surface area contributed by atoms with Gasteiger partial charge in [-0.2, -0.15) is 0 Å². The molecule has 2 atom stereocenters. The van der Waals surface area contributed by atoms with Gasteiger partial charge in [0.05, 0.1) is 7.11 Å². The summed E-state index contributed by atoms with van der Waals surface area (Å²) in [7, 11) is 1.24. The van der Waals surface area contributed by atoms with Gasteiger partial charge >= 0.3 is 23.9 Å². The first-order valence-corrected chi connectivity index (χ1v) is 13.5. The van der Waals surface area contributed by atoms with Crippen LogP contribution in [0.3, 0.4) is 0 Å². The molecule has 0 spiro atoms. The highest BCUT2D eigenvalue weighted by Gasteiger charge is 2.38. The van der Waals surface area contributed by atoms with Gasteiger partial charge in [-0.1, -0.05) is 46.6 Å². The van der Waals surface area contributed by atoms with Crippen LogP contribution in [0.25, 0.3) is 0 Å². The van der Waals surface area contributed by atoms with E-state index in [1.54, 1.807) is 13.0 Å². The van der Waals surface area contributed by atoms with Crippen LogP contribution in [0.5, 0.6) is 11.5 Å². The molecule has 9 heteroatoms. The Morgan fingerprint density at radius 1 is 0.868 bits per heavy atom. The van der Waals surface area contributed by atoms with Gasteiger partial charge in [0.1, 0.15) is 11.6 Å². The van der Waals surface area contributed by atoms with Gasteiger partial charge in [-0.25, -0.2) is 0 Å². The zero-order valence-electron chi connectivity index (χ0n) is 23.8. The van der Waals surface area contributed by atoms with Crippen molar-refractivity contribution >= 4 is 23.9 Å². The van der Waals surface area contributed by atoms with E-state index < -0.39 is 29.6 Å². The van der Waals surface area contributed by atoms with Crippen molar-refractivity contribution in [3.05, 3.63) is 23.8 Å². The van der Waals surface area contributed by atoms with E-state index in [2.05, 4.69) is 0 Å². The molecule has 0 amide bonds. The van der Waals surface area contributed by atoms with Gasteiger partial charge in [0.15, 0.2) is 11.5 Å². The molecule has 0 saturated heterocycles. The van der Waals surface area contributed by atoms with Crippen molar-refractivity contribution in [1.29, 1.82) is 0 Å². The van der Waals surface area contributed by atoms with E-state index in [9.17, 15) is 19.2 Å². The largest absolute Gasteiger partial charge is 0.468 e. The van der Waals surface area contributed by atoms with Crippen LogP contribution in [-0.2, 0) is 35.1 Å². The number of hydrogen-bond acceptors (Lipinski definition) is 9. The normalized spacial score (nSPS) is 13.4. The molecule has 1 rings (SSSR count). The topological polar surface area (TPSA) is 131 Å². The molecule has 0 aliphatic heterocycles. The summed E-state index contributed by atoms with van der Waals surface area (Å²) in [5.41, 5.74) is 5.55. The zero-order chi connectivity index (χ0) is 28.7. The van der Waals surface area contributed by atoms with Gasteiger partial charge in [-0.3, -0.25) is 19.2 Å². The molecule has 0 radical (unpaired) electrons. The standard InChI is InChI=1S/C29H45NO8/c1-7-9-11-25(31)37-23-15-14-22(17-24(23)38-26(32)12-10-8-2)19-29(30,28(34)35-6)18-21(5)36-27(33)16-13-20(3)4/h14-15,17,20-21H,7-13,16,18-19,30H2,1-6H3/t21-,29?/m0/s1. The van der Waals surface area contributed by atoms with Crippen molar-refractivity contribution in [3.8, 4) is 11.5 Å². The summed E-state index contributed by atoms with van der Waals surface area (Å²) >= 11 is 0. The predicted octanol–water partition coefficient (Wildman–Crippen LogP) is 5.05. The lowest BCUT2D eigenvalue weighted by atomic mass is 9.86. The third-order valence-electron chi connectivity index (χ3n) is 5.95. The molecule has 214 valence electrons. The van der Waals surface area contributed by atoms with Crippen molar-refractivity contribution < 1.29 is 38.1 Å². The van der Waals surface area contributed by atoms with E-state index in [0.717, 1.165) is 12.8 Å². The Hall–Kier alpha value is -2.94. The quantitative estimate of drug-likeness (QED) is 0.215. The Bertz CT molecular complexity index is 929. The Kier molecular flexibility index (Phi) is 14.6. The third kappa shape index (κ3) is 12.1. The summed E-state index contributed by atoms with van der Waals surface area (Å²) in [6.45, 7) is 9.65. The van der Waals surface area contributed by atoms with Crippen LogP contribution < -0.4 is 15.2 Å². The summed E-state index contributed by atoms with van der Waals surface area (Å²) < 4.78 is 21.4. The molecule has 0 aromatic heterocycles. The Balaban J connectivity index is 3.15. The molecule has 2 N–H and O–H groups in total. The van der Waals surface area contributed by atoms with E-state index >= 15 is 0 Å². The first kappa shape index (κ1) is 33.1. The van der Waals surface area contributed by atoms with E-state index in [-0.39, 0.29) is 49.6 Å². The zero-order valence-corrected chi connectivity index (χ0v) is 23.8. The van der Waals surface area contributed by atoms with Crippen LogP contribution in [0.2, 0.25) is 0 Å². The van der Waals surface area contributed by atoms with Crippen LogP contribution in [-0.4, -0.2) is 42.6 Å². The first-order chi connectivity index (χ1) is 17.9. The third-order valence-corrected chi connectivity index (χ3v) is 5.95. The molecule has 38 heavy (non-hydrogen) atoms. The monoisotopic (exact) mass is 535 g/mol. The first-order valence-electron chi connectivity index (χ1n) is 13.5. The minimum atomic E-state index is -1.52. The average molecular weight is 536 g/mol. The molecular weight excluding hydrogens is 490 g/mol. The molecule has 0 fully saturated rings. The highest BCUT2D eigenvalue weighted by molar-refractivity contribution is 5.81. The number of unbranched alkanes of at least 4 members (excludes halogenated alkanes) is 2. The molecule has 9 nitrogen and oxygen atoms in total. The molecule has 1 aromatic rings. The van der Waals surface area contributed by atoms with Gasteiger partial charge in [0, 0.05) is 32.1 Å². The Labute approximate surface area is 226 Å². The second-order valence-corrected chi connectivity index (χ2v) is 10.2. The Morgan fingerprint density at radius 3 is 1.97 bits per heavy atom. The maximum atomic E-state index is 12.7. The van der Waals surface area contributed by atoms with Crippen molar-refractivity contribution in [1.82, 2.24) is 0 Å². The lowest BCUT2D eigenvalue weighted by Crippen LogP contribution is -2.53. The predicted molar refractivity (Wildman–Crippen MR) is 144 cm³/mol. The van der Waals surface area contributed by atoms with Gasteiger partial charge in [-0.05, 0) is 49.8 Å². The Morgan fingerprint density at radius 2 is 1.45 bits per heavy atom. The minimum absolute atomic E-state index is 0.0110. The number of ether oxygens (including phenoxy) is 4. The fourth-order valence-electron chi connectivity index (χ4n) is 3.86. The number of carbonyl (C=O) groups is 4. The number of hydrogen-bond donors (Lipinski definition) is 1. The average Bonchev–Trinajstić information content (AvgIpc) is 2.85. The smallest absolute Gasteiger partial charge is 0.326 e. The van der Waals surface area contributed by atoms with Crippen LogP contribution >= 0.6 is 0 Å². The van der Waals surface area contributed by atoms with E-state index in [4.69, 9.17) is 24.7 Å². The number of esters is 4. The highest BCUT2D eigenvalue weighted by Crippen LogP contribution is 2.32. The van der Waals surface area contributed by atoms with Crippen LogP contribution in [0.1, 0.15) is 98.0 Å². The van der Waals surface area contributed by atoms with Crippen LogP contribution in [0.15, 0.2) is 18.2 Å². The van der Waals surface area contributed by atoms with E-state index in [1.165, 1.54) is 19.2 Å². The number of rotatable bonds is 17. The highest BCUT2D eigenvalue weighted by atomic mass is 16.6. The molecule has 1 aromatic carbocycles. The maximum Gasteiger partial charge on any atom is 0.326 e. The van der Waals surface area contributed by atoms with E-state index in [1.807, 2.05) is 27.7 Å². The lowest BCUT2D eigenvalue weighted by molar-refractivity contribution is -0.155. The van der Waals surface area contributed by atoms with E-state index in [0.29, 0.717) is 30.7 Å². The fourth-order valence-corrected chi connectivity index (χ4v) is 3.86. The van der Waals surface area contributed by atoms with Crippen molar-refractivity contribution in [3.63, 3.8) is 0 Å². The summed E-state index contributed by atoms with van der Waals surface area (Å²) in [5, 5.41) is 0. The van der Waals surface area contributed by atoms with Gasteiger partial charge in [0.25, 0.3) is 0 Å².